The van der Waals surface area contributed by atoms with Crippen LogP contribution in [0.3, 0.4) is 0 Å². The summed E-state index contributed by atoms with van der Waals surface area (Å²) in [5.74, 6) is 1.16. The molecule has 0 radical (unpaired) electrons. The summed E-state index contributed by atoms with van der Waals surface area (Å²) >= 11 is 0. The van der Waals surface area contributed by atoms with Crippen LogP contribution in [0.15, 0.2) is 18.2 Å². The molecule has 3 atom stereocenters. The van der Waals surface area contributed by atoms with Gasteiger partial charge in [-0.1, -0.05) is 25.8 Å². The molecule has 2 fully saturated rings. The zero-order valence-electron chi connectivity index (χ0n) is 14.7. The molecule has 1 saturated carbocycles. The van der Waals surface area contributed by atoms with Crippen LogP contribution in [0.25, 0.3) is 0 Å². The lowest BCUT2D eigenvalue weighted by atomic mass is 9.87. The average Bonchev–Trinajstić information content (AvgIpc) is 3.12. The van der Waals surface area contributed by atoms with Crippen LogP contribution < -0.4 is 10.2 Å². The van der Waals surface area contributed by atoms with E-state index in [1.807, 2.05) is 6.07 Å². The predicted octanol–water partition coefficient (Wildman–Crippen LogP) is 3.36. The number of hydrogen-bond acceptors (Lipinski definition) is 3. The first-order chi connectivity index (χ1) is 11.5. The number of nitrogens with zero attached hydrogens (tertiary/aromatic N) is 1. The monoisotopic (exact) mass is 330 g/mol. The van der Waals surface area contributed by atoms with Gasteiger partial charge in [0.25, 0.3) is 0 Å². The van der Waals surface area contributed by atoms with Crippen molar-refractivity contribution in [2.45, 2.75) is 52.1 Å². The third-order valence-corrected chi connectivity index (χ3v) is 5.29. The number of amides is 2. The van der Waals surface area contributed by atoms with Crippen molar-refractivity contribution in [2.75, 3.05) is 18.0 Å². The minimum absolute atomic E-state index is 0.114. The van der Waals surface area contributed by atoms with Crippen molar-refractivity contribution in [3.8, 4) is 0 Å². The lowest BCUT2D eigenvalue weighted by Gasteiger charge is -2.21. The Morgan fingerprint density at radius 1 is 1.38 bits per heavy atom. The molecule has 5 nitrogen and oxygen atoms in total. The second-order valence-electron chi connectivity index (χ2n) is 7.11. The molecular formula is C19H26N2O3. The van der Waals surface area contributed by atoms with Crippen molar-refractivity contribution in [2.24, 2.45) is 5.92 Å². The Morgan fingerprint density at radius 2 is 2.17 bits per heavy atom. The van der Waals surface area contributed by atoms with Crippen molar-refractivity contribution in [3.63, 3.8) is 0 Å². The van der Waals surface area contributed by atoms with E-state index in [9.17, 15) is 9.59 Å². The van der Waals surface area contributed by atoms with Gasteiger partial charge in [-0.2, -0.15) is 0 Å². The van der Waals surface area contributed by atoms with E-state index in [1.165, 1.54) is 37.3 Å². The SMILES string of the molecule is CC(=O)NC[C@H]1CN(c2ccc(C)c(C3CCCC3C)c2)C(=O)O1. The molecule has 2 unspecified atom stereocenters. The number of aryl methyl sites for hydroxylation is 1. The number of nitrogens with one attached hydrogen (secondary N) is 1. The van der Waals surface area contributed by atoms with Crippen LogP contribution in [0.4, 0.5) is 10.5 Å². The molecule has 1 aliphatic heterocycles. The van der Waals surface area contributed by atoms with E-state index in [1.54, 1.807) is 4.90 Å². The summed E-state index contributed by atoms with van der Waals surface area (Å²) in [6, 6.07) is 6.24. The minimum Gasteiger partial charge on any atom is -0.442 e. The Kier molecular flexibility index (Phi) is 4.78. The lowest BCUT2D eigenvalue weighted by molar-refractivity contribution is -0.119. The van der Waals surface area contributed by atoms with Crippen LogP contribution in [0.5, 0.6) is 0 Å². The van der Waals surface area contributed by atoms with Gasteiger partial charge >= 0.3 is 6.09 Å². The average molecular weight is 330 g/mol. The molecule has 0 bridgehead atoms. The first-order valence-corrected chi connectivity index (χ1v) is 8.79. The first kappa shape index (κ1) is 16.8. The molecule has 0 aromatic heterocycles. The van der Waals surface area contributed by atoms with E-state index in [0.29, 0.717) is 24.9 Å². The molecule has 1 heterocycles. The number of carbonyl (C=O) groups is 2. The molecule has 1 saturated heterocycles. The van der Waals surface area contributed by atoms with Crippen LogP contribution >= 0.6 is 0 Å². The molecule has 1 aromatic carbocycles. The number of cyclic esters (lactones) is 1. The van der Waals surface area contributed by atoms with E-state index in [-0.39, 0.29) is 18.1 Å². The highest BCUT2D eigenvalue weighted by atomic mass is 16.6. The second kappa shape index (κ2) is 6.83. The smallest absolute Gasteiger partial charge is 0.414 e. The maximum Gasteiger partial charge on any atom is 0.414 e. The molecule has 3 rings (SSSR count). The summed E-state index contributed by atoms with van der Waals surface area (Å²) in [4.78, 5) is 24.9. The van der Waals surface area contributed by atoms with Gasteiger partial charge in [0.2, 0.25) is 5.91 Å². The molecule has 2 amide bonds. The topological polar surface area (TPSA) is 58.6 Å². The molecule has 130 valence electrons. The third-order valence-electron chi connectivity index (χ3n) is 5.29. The van der Waals surface area contributed by atoms with Crippen molar-refractivity contribution in [1.82, 2.24) is 5.32 Å². The highest BCUT2D eigenvalue weighted by molar-refractivity contribution is 5.90. The third kappa shape index (κ3) is 3.40. The Bertz CT molecular complexity index is 643. The molecule has 2 aliphatic rings. The molecule has 24 heavy (non-hydrogen) atoms. The van der Waals surface area contributed by atoms with Gasteiger partial charge in [0.05, 0.1) is 13.1 Å². The zero-order valence-corrected chi connectivity index (χ0v) is 14.7. The normalized spacial score (nSPS) is 26.5. The molecule has 1 aliphatic carbocycles. The van der Waals surface area contributed by atoms with Crippen molar-refractivity contribution >= 4 is 17.7 Å². The lowest BCUT2D eigenvalue weighted by Crippen LogP contribution is -2.33. The molecule has 1 N–H and O–H groups in total. The summed E-state index contributed by atoms with van der Waals surface area (Å²) < 4.78 is 5.37. The fourth-order valence-electron chi connectivity index (χ4n) is 3.90. The van der Waals surface area contributed by atoms with E-state index in [4.69, 9.17) is 4.74 Å². The van der Waals surface area contributed by atoms with E-state index >= 15 is 0 Å². The highest BCUT2D eigenvalue weighted by Crippen LogP contribution is 2.41. The predicted molar refractivity (Wildman–Crippen MR) is 93.2 cm³/mol. The Labute approximate surface area is 143 Å². The minimum atomic E-state index is -0.334. The van der Waals surface area contributed by atoms with Gasteiger partial charge in [0, 0.05) is 12.6 Å². The molecular weight excluding hydrogens is 304 g/mol. The Hall–Kier alpha value is -2.04. The fourth-order valence-corrected chi connectivity index (χ4v) is 3.90. The number of hydrogen-bond donors (Lipinski definition) is 1. The van der Waals surface area contributed by atoms with E-state index in [2.05, 4.69) is 31.3 Å². The summed E-state index contributed by atoms with van der Waals surface area (Å²) in [6.07, 6.45) is 3.15. The van der Waals surface area contributed by atoms with Crippen LogP contribution in [-0.2, 0) is 9.53 Å². The van der Waals surface area contributed by atoms with E-state index < -0.39 is 0 Å². The van der Waals surface area contributed by atoms with Gasteiger partial charge in [-0.25, -0.2) is 4.79 Å². The molecule has 1 aromatic rings. The van der Waals surface area contributed by atoms with Gasteiger partial charge < -0.3 is 10.1 Å². The maximum atomic E-state index is 12.2. The second-order valence-corrected chi connectivity index (χ2v) is 7.11. The largest absolute Gasteiger partial charge is 0.442 e. The quantitative estimate of drug-likeness (QED) is 0.921. The summed E-state index contributed by atoms with van der Waals surface area (Å²) in [6.45, 7) is 6.75. The number of benzene rings is 1. The standard InChI is InChI=1S/C19H26N2O3/c1-12-5-4-6-17(12)18-9-15(8-7-13(18)2)21-11-16(24-19(21)23)10-20-14(3)22/h7-9,12,16-17H,4-6,10-11H2,1-3H3,(H,20,22)/t12?,16-,17?/m0/s1. The van der Waals surface area contributed by atoms with Gasteiger partial charge in [-0.3, -0.25) is 9.69 Å². The van der Waals surface area contributed by atoms with Crippen LogP contribution in [-0.4, -0.2) is 31.2 Å². The van der Waals surface area contributed by atoms with Gasteiger partial charge in [0.1, 0.15) is 6.10 Å². The summed E-state index contributed by atoms with van der Waals surface area (Å²) in [5, 5.41) is 2.71. The van der Waals surface area contributed by atoms with Gasteiger partial charge in [0.15, 0.2) is 0 Å². The number of ether oxygens (including phenoxy) is 1. The van der Waals surface area contributed by atoms with Crippen LogP contribution in [0.2, 0.25) is 0 Å². The fraction of sp³-hybridized carbons (Fsp3) is 0.579. The summed E-state index contributed by atoms with van der Waals surface area (Å²) in [7, 11) is 0. The van der Waals surface area contributed by atoms with Crippen molar-refractivity contribution in [3.05, 3.63) is 29.3 Å². The van der Waals surface area contributed by atoms with Crippen molar-refractivity contribution in [1.29, 1.82) is 0 Å². The zero-order chi connectivity index (χ0) is 17.3. The van der Waals surface area contributed by atoms with Gasteiger partial charge in [-0.05, 0) is 48.4 Å². The maximum absolute atomic E-state index is 12.2. The van der Waals surface area contributed by atoms with Gasteiger partial charge in [-0.15, -0.1) is 0 Å². The number of carbonyl (C=O) groups excluding carboxylic acids is 2. The van der Waals surface area contributed by atoms with Crippen LogP contribution in [0.1, 0.15) is 50.2 Å². The Morgan fingerprint density at radius 3 is 2.83 bits per heavy atom. The van der Waals surface area contributed by atoms with E-state index in [0.717, 1.165) is 5.69 Å². The molecule has 5 heteroatoms. The summed E-state index contributed by atoms with van der Waals surface area (Å²) in [5.41, 5.74) is 3.54. The Balaban J connectivity index is 1.77. The highest BCUT2D eigenvalue weighted by Gasteiger charge is 2.33. The van der Waals surface area contributed by atoms with Crippen LogP contribution in [0, 0.1) is 12.8 Å². The molecule has 0 spiro atoms. The van der Waals surface area contributed by atoms with Crippen molar-refractivity contribution < 1.29 is 14.3 Å². The number of rotatable bonds is 4. The first-order valence-electron chi connectivity index (χ1n) is 8.79. The number of anilines is 1.